The van der Waals surface area contributed by atoms with Gasteiger partial charge in [0.15, 0.2) is 0 Å². The minimum Gasteiger partial charge on any atom is -0.392 e. The zero-order valence-electron chi connectivity index (χ0n) is 18.2. The molecule has 0 spiro atoms. The van der Waals surface area contributed by atoms with Crippen LogP contribution >= 0.6 is 0 Å². The maximum atomic E-state index is 8.86. The lowest BCUT2D eigenvalue weighted by atomic mass is 10.0. The maximum Gasteiger partial charge on any atom is 0.0614 e. The third-order valence-corrected chi connectivity index (χ3v) is 4.63. The van der Waals surface area contributed by atoms with Crippen LogP contribution in [0.1, 0.15) is 92.9 Å². The van der Waals surface area contributed by atoms with E-state index in [1.54, 1.807) is 0 Å². The molecule has 0 saturated heterocycles. The van der Waals surface area contributed by atoms with Crippen LogP contribution in [0.4, 0.5) is 0 Å². The summed E-state index contributed by atoms with van der Waals surface area (Å²) in [6.45, 7) is 13.3. The van der Waals surface area contributed by atoms with Crippen LogP contribution in [0, 0.1) is 0 Å². The van der Waals surface area contributed by atoms with E-state index in [2.05, 4.69) is 65.8 Å². The first kappa shape index (κ1) is 24.7. The molecule has 0 bridgehead atoms. The van der Waals surface area contributed by atoms with Crippen molar-refractivity contribution in [3.63, 3.8) is 0 Å². The second-order valence-electron chi connectivity index (χ2n) is 7.82. The number of allylic oxidation sites excluding steroid dienone is 9. The van der Waals surface area contributed by atoms with Gasteiger partial charge in [0.1, 0.15) is 0 Å². The summed E-state index contributed by atoms with van der Waals surface area (Å²) in [4.78, 5) is 0. The summed E-state index contributed by atoms with van der Waals surface area (Å²) in [7, 11) is 0. The van der Waals surface area contributed by atoms with Gasteiger partial charge in [-0.2, -0.15) is 0 Å². The molecule has 0 heterocycles. The fourth-order valence-electron chi connectivity index (χ4n) is 2.79. The fourth-order valence-corrected chi connectivity index (χ4v) is 2.79. The molecule has 0 aliphatic rings. The largest absolute Gasteiger partial charge is 0.392 e. The minimum absolute atomic E-state index is 0.156. The fraction of sp³-hybridized carbons (Fsp3) is 0.600. The molecule has 0 aliphatic heterocycles. The molecule has 0 saturated carbocycles. The molecule has 0 radical (unpaired) electrons. The summed E-state index contributed by atoms with van der Waals surface area (Å²) in [6.07, 6.45) is 20.5. The van der Waals surface area contributed by atoms with Crippen molar-refractivity contribution in [1.82, 2.24) is 0 Å². The lowest BCUT2D eigenvalue weighted by Gasteiger charge is -2.03. The molecular weight excluding hydrogens is 316 g/mol. The topological polar surface area (TPSA) is 20.2 Å². The normalized spacial score (nSPS) is 14.0. The third-order valence-electron chi connectivity index (χ3n) is 4.63. The molecule has 0 fully saturated rings. The number of hydrogen-bond donors (Lipinski definition) is 1. The average Bonchev–Trinajstić information content (AvgIpc) is 2.54. The highest BCUT2D eigenvalue weighted by molar-refractivity contribution is 5.08. The summed E-state index contributed by atoms with van der Waals surface area (Å²) < 4.78 is 0. The average molecular weight is 359 g/mol. The van der Waals surface area contributed by atoms with Gasteiger partial charge in [0.25, 0.3) is 0 Å². The second-order valence-corrected chi connectivity index (χ2v) is 7.82. The molecule has 0 amide bonds. The zero-order valence-corrected chi connectivity index (χ0v) is 18.2. The Labute approximate surface area is 163 Å². The van der Waals surface area contributed by atoms with E-state index in [0.29, 0.717) is 0 Å². The van der Waals surface area contributed by atoms with Crippen molar-refractivity contribution in [2.75, 3.05) is 6.61 Å². The van der Waals surface area contributed by atoms with Gasteiger partial charge in [0.2, 0.25) is 0 Å². The van der Waals surface area contributed by atoms with Crippen molar-refractivity contribution < 1.29 is 5.11 Å². The standard InChI is InChI=1S/C25H42O/c1-21(2)11-7-12-22(3)13-8-14-23(4)15-9-16-24(5)17-10-18-25(6)19-20-26/h11,13,15,17,19,26H,7-10,12,14,16,18,20H2,1-6H3/b22-13+,23-15+,24-17+,25-19+. The van der Waals surface area contributed by atoms with Gasteiger partial charge in [0, 0.05) is 0 Å². The molecule has 1 heteroatoms. The number of aliphatic hydroxyl groups excluding tert-OH is 1. The Morgan fingerprint density at radius 1 is 0.500 bits per heavy atom. The summed E-state index contributed by atoms with van der Waals surface area (Å²) in [5.41, 5.74) is 7.18. The summed E-state index contributed by atoms with van der Waals surface area (Å²) in [5.74, 6) is 0. The Morgan fingerprint density at radius 2 is 0.808 bits per heavy atom. The molecule has 148 valence electrons. The van der Waals surface area contributed by atoms with Crippen molar-refractivity contribution in [1.29, 1.82) is 0 Å². The van der Waals surface area contributed by atoms with Crippen molar-refractivity contribution in [2.24, 2.45) is 0 Å². The van der Waals surface area contributed by atoms with Gasteiger partial charge in [-0.3, -0.25) is 0 Å². The first-order valence-electron chi connectivity index (χ1n) is 10.2. The summed E-state index contributed by atoms with van der Waals surface area (Å²) in [6, 6.07) is 0. The lowest BCUT2D eigenvalue weighted by molar-refractivity contribution is 0.341. The monoisotopic (exact) mass is 358 g/mol. The maximum absolute atomic E-state index is 8.86. The van der Waals surface area contributed by atoms with Crippen molar-refractivity contribution >= 4 is 0 Å². The first-order chi connectivity index (χ1) is 12.3. The van der Waals surface area contributed by atoms with Crippen LogP contribution in [0.2, 0.25) is 0 Å². The Kier molecular flexibility index (Phi) is 15.1. The summed E-state index contributed by atoms with van der Waals surface area (Å²) in [5, 5.41) is 8.86. The minimum atomic E-state index is 0.156. The van der Waals surface area contributed by atoms with Crippen LogP contribution in [0.5, 0.6) is 0 Å². The number of hydrogen-bond acceptors (Lipinski definition) is 1. The van der Waals surface area contributed by atoms with Crippen LogP contribution in [-0.2, 0) is 0 Å². The molecule has 0 unspecified atom stereocenters. The van der Waals surface area contributed by atoms with Crippen LogP contribution in [0.25, 0.3) is 0 Å². The highest BCUT2D eigenvalue weighted by Crippen LogP contribution is 2.14. The zero-order chi connectivity index (χ0) is 19.8. The van der Waals surface area contributed by atoms with E-state index in [-0.39, 0.29) is 6.61 Å². The molecule has 0 aromatic carbocycles. The van der Waals surface area contributed by atoms with Crippen LogP contribution in [0.15, 0.2) is 58.2 Å². The highest BCUT2D eigenvalue weighted by atomic mass is 16.2. The molecular formula is C25H42O. The van der Waals surface area contributed by atoms with E-state index >= 15 is 0 Å². The van der Waals surface area contributed by atoms with Gasteiger partial charge < -0.3 is 5.11 Å². The van der Waals surface area contributed by atoms with Crippen LogP contribution in [0.3, 0.4) is 0 Å². The molecule has 0 aliphatic carbocycles. The smallest absolute Gasteiger partial charge is 0.0614 e. The summed E-state index contributed by atoms with van der Waals surface area (Å²) >= 11 is 0. The van der Waals surface area contributed by atoms with Crippen molar-refractivity contribution in [2.45, 2.75) is 92.9 Å². The molecule has 0 aromatic rings. The van der Waals surface area contributed by atoms with E-state index < -0.39 is 0 Å². The van der Waals surface area contributed by atoms with Gasteiger partial charge in [-0.25, -0.2) is 0 Å². The van der Waals surface area contributed by atoms with E-state index in [1.807, 2.05) is 6.08 Å². The van der Waals surface area contributed by atoms with Gasteiger partial charge in [0.05, 0.1) is 6.61 Å². The predicted octanol–water partition coefficient (Wildman–Crippen LogP) is 7.85. The Bertz CT molecular complexity index is 522. The quantitative estimate of drug-likeness (QED) is 0.332. The molecule has 0 atom stereocenters. The van der Waals surface area contributed by atoms with E-state index in [1.165, 1.54) is 47.1 Å². The van der Waals surface area contributed by atoms with Gasteiger partial charge >= 0.3 is 0 Å². The molecule has 1 N–H and O–H groups in total. The Morgan fingerprint density at radius 3 is 1.12 bits per heavy atom. The molecule has 0 aromatic heterocycles. The van der Waals surface area contributed by atoms with Crippen LogP contribution in [-0.4, -0.2) is 11.7 Å². The lowest BCUT2D eigenvalue weighted by Crippen LogP contribution is -1.83. The SMILES string of the molecule is CC(C)=CCC/C(C)=C/CC/C(C)=C/CC/C(C)=C/CC/C(C)=C/CO. The number of rotatable bonds is 13. The Balaban J connectivity index is 4.03. The van der Waals surface area contributed by atoms with Crippen LogP contribution < -0.4 is 0 Å². The second kappa shape index (κ2) is 15.9. The van der Waals surface area contributed by atoms with E-state index in [0.717, 1.165) is 32.1 Å². The predicted molar refractivity (Wildman–Crippen MR) is 118 cm³/mol. The molecule has 1 nitrogen and oxygen atoms in total. The molecule has 26 heavy (non-hydrogen) atoms. The van der Waals surface area contributed by atoms with Crippen molar-refractivity contribution in [3.8, 4) is 0 Å². The third kappa shape index (κ3) is 16.1. The highest BCUT2D eigenvalue weighted by Gasteiger charge is 1.94. The van der Waals surface area contributed by atoms with Gasteiger partial charge in [-0.1, -0.05) is 58.2 Å². The van der Waals surface area contributed by atoms with Gasteiger partial charge in [-0.05, 0) is 92.9 Å². The first-order valence-corrected chi connectivity index (χ1v) is 10.2. The number of aliphatic hydroxyl groups is 1. The Hall–Kier alpha value is -1.34. The van der Waals surface area contributed by atoms with Crippen molar-refractivity contribution in [3.05, 3.63) is 58.2 Å². The van der Waals surface area contributed by atoms with Gasteiger partial charge in [-0.15, -0.1) is 0 Å². The molecule has 0 rings (SSSR count). The van der Waals surface area contributed by atoms with E-state index in [9.17, 15) is 0 Å². The van der Waals surface area contributed by atoms with E-state index in [4.69, 9.17) is 5.11 Å².